The molecule has 0 aromatic carbocycles. The molecule has 0 aliphatic rings. The van der Waals surface area contributed by atoms with Crippen molar-refractivity contribution in [2.24, 2.45) is 5.92 Å². The second-order valence-electron chi connectivity index (χ2n) is 5.95. The van der Waals surface area contributed by atoms with E-state index in [1.54, 1.807) is 0 Å². The predicted molar refractivity (Wildman–Crippen MR) is 95.6 cm³/mol. The number of rotatable bonds is 13. The molecule has 120 valence electrons. The smallest absolute Gasteiger partial charge is 0.153 e. The Morgan fingerprint density at radius 2 is 1.65 bits per heavy atom. The first-order valence-corrected chi connectivity index (χ1v) is 10.5. The molecule has 0 fully saturated rings. The Labute approximate surface area is 134 Å². The summed E-state index contributed by atoms with van der Waals surface area (Å²) in [4.78, 5) is 12.1. The molecular weight excluding hydrogens is 286 g/mol. The van der Waals surface area contributed by atoms with E-state index in [-0.39, 0.29) is 12.0 Å². The van der Waals surface area contributed by atoms with Crippen LogP contribution in [0.5, 0.6) is 0 Å². The van der Waals surface area contributed by atoms with Crippen molar-refractivity contribution in [2.45, 2.75) is 78.8 Å². The van der Waals surface area contributed by atoms with E-state index in [1.807, 2.05) is 35.4 Å². The van der Waals surface area contributed by atoms with Crippen molar-refractivity contribution in [2.75, 3.05) is 11.5 Å². The fraction of sp³-hybridized carbons (Fsp3) is 0.938. The molecule has 20 heavy (non-hydrogen) atoms. The minimum Gasteiger partial charge on any atom is -0.305 e. The van der Waals surface area contributed by atoms with Gasteiger partial charge >= 0.3 is 0 Å². The van der Waals surface area contributed by atoms with Gasteiger partial charge in [0.1, 0.15) is 0 Å². The molecule has 0 radical (unpaired) electrons. The fourth-order valence-corrected chi connectivity index (χ4v) is 4.29. The molecule has 2 nitrogen and oxygen atoms in total. The van der Waals surface area contributed by atoms with Gasteiger partial charge in [0.2, 0.25) is 0 Å². The third kappa shape index (κ3) is 11.0. The van der Waals surface area contributed by atoms with Crippen molar-refractivity contribution < 1.29 is 4.79 Å². The number of ketones is 1. The summed E-state index contributed by atoms with van der Waals surface area (Å²) in [5.74, 6) is 2.55. The maximum atomic E-state index is 12.1. The van der Waals surface area contributed by atoms with Crippen LogP contribution in [0.25, 0.3) is 0 Å². The van der Waals surface area contributed by atoms with E-state index in [4.69, 9.17) is 0 Å². The minimum absolute atomic E-state index is 0.00703. The molecule has 0 amide bonds. The molecule has 0 aliphatic heterocycles. The monoisotopic (exact) mass is 319 g/mol. The zero-order chi connectivity index (χ0) is 15.4. The molecule has 0 spiro atoms. The summed E-state index contributed by atoms with van der Waals surface area (Å²) in [7, 11) is 3.77. The number of Topliss-reactive ketones (excluding diaryl/α,β-unsaturated/α-hetero) is 1. The average molecular weight is 320 g/mol. The van der Waals surface area contributed by atoms with Crippen LogP contribution < -0.4 is 5.32 Å². The molecular formula is C16H33NOS2. The van der Waals surface area contributed by atoms with Gasteiger partial charge in [-0.3, -0.25) is 4.79 Å². The molecule has 0 rings (SSSR count). The molecule has 0 heterocycles. The quantitative estimate of drug-likeness (QED) is 0.385. The highest BCUT2D eigenvalue weighted by Gasteiger charge is 2.21. The van der Waals surface area contributed by atoms with Gasteiger partial charge in [0.05, 0.1) is 6.04 Å². The zero-order valence-electron chi connectivity index (χ0n) is 13.9. The number of nitrogens with one attached hydrogen (secondary N) is 1. The van der Waals surface area contributed by atoms with Crippen molar-refractivity contribution in [3.63, 3.8) is 0 Å². The molecule has 0 saturated heterocycles. The summed E-state index contributed by atoms with van der Waals surface area (Å²) in [5.41, 5.74) is 0. The second-order valence-corrected chi connectivity index (χ2v) is 8.58. The molecule has 1 N–H and O–H groups in total. The number of carbonyl (C=O) groups excluding carboxylic acids is 1. The van der Waals surface area contributed by atoms with Gasteiger partial charge in [0, 0.05) is 23.5 Å². The zero-order valence-corrected chi connectivity index (χ0v) is 15.5. The Balaban J connectivity index is 3.77. The first-order valence-electron chi connectivity index (χ1n) is 8.03. The normalized spacial score (nSPS) is 13.2. The first-order chi connectivity index (χ1) is 9.49. The van der Waals surface area contributed by atoms with E-state index >= 15 is 0 Å². The lowest BCUT2D eigenvalue weighted by Crippen LogP contribution is -2.44. The summed E-state index contributed by atoms with van der Waals surface area (Å²) in [6.45, 7) is 10.4. The van der Waals surface area contributed by atoms with Crippen LogP contribution in [0.2, 0.25) is 0 Å². The third-order valence-electron chi connectivity index (χ3n) is 3.10. The van der Waals surface area contributed by atoms with Gasteiger partial charge in [-0.2, -0.15) is 0 Å². The summed E-state index contributed by atoms with van der Waals surface area (Å²) in [6.07, 6.45) is 6.69. The van der Waals surface area contributed by atoms with Gasteiger partial charge in [-0.1, -0.05) is 81.9 Å². The third-order valence-corrected chi connectivity index (χ3v) is 5.60. The lowest BCUT2D eigenvalue weighted by molar-refractivity contribution is -0.123. The van der Waals surface area contributed by atoms with Gasteiger partial charge in [-0.25, -0.2) is 0 Å². The highest BCUT2D eigenvalue weighted by molar-refractivity contribution is 8.76. The highest BCUT2D eigenvalue weighted by Crippen LogP contribution is 2.24. The summed E-state index contributed by atoms with van der Waals surface area (Å²) in [5, 5.41) is 3.40. The number of unbranched alkanes of at least 4 members (excludes halogenated alkanes) is 4. The Kier molecular flexibility index (Phi) is 13.2. The van der Waals surface area contributed by atoms with Gasteiger partial charge < -0.3 is 5.32 Å². The molecule has 0 aromatic rings. The number of carbonyl (C=O) groups is 1. The Bertz CT molecular complexity index is 245. The molecule has 0 bridgehead atoms. The van der Waals surface area contributed by atoms with Crippen LogP contribution in [0.4, 0.5) is 0 Å². The molecule has 0 saturated carbocycles. The first kappa shape index (κ1) is 20.3. The molecule has 0 aromatic heterocycles. The van der Waals surface area contributed by atoms with Crippen LogP contribution in [-0.4, -0.2) is 29.4 Å². The van der Waals surface area contributed by atoms with E-state index in [0.717, 1.165) is 5.75 Å². The topological polar surface area (TPSA) is 29.1 Å². The van der Waals surface area contributed by atoms with E-state index in [1.165, 1.54) is 37.9 Å². The molecule has 4 heteroatoms. The van der Waals surface area contributed by atoms with Gasteiger partial charge in [-0.15, -0.1) is 0 Å². The number of hydrogen-bond donors (Lipinski definition) is 1. The maximum Gasteiger partial charge on any atom is 0.153 e. The van der Waals surface area contributed by atoms with Crippen molar-refractivity contribution >= 4 is 27.4 Å². The van der Waals surface area contributed by atoms with E-state index < -0.39 is 0 Å². The van der Waals surface area contributed by atoms with Gasteiger partial charge in [0.15, 0.2) is 5.78 Å². The SMILES string of the molecule is CCCCCCCSSC[C@H](NC(C)C)C(=O)C(C)C. The standard InChI is InChI=1S/C16H33NOS2/c1-6-7-8-9-10-11-19-20-12-15(17-14(4)5)16(18)13(2)3/h13-15,17H,6-12H2,1-5H3/t15-/m0/s1. The molecule has 0 aliphatic carbocycles. The largest absolute Gasteiger partial charge is 0.305 e. The maximum absolute atomic E-state index is 12.1. The van der Waals surface area contributed by atoms with Crippen molar-refractivity contribution in [3.8, 4) is 0 Å². The van der Waals surface area contributed by atoms with Crippen LogP contribution in [0.1, 0.15) is 66.7 Å². The average Bonchev–Trinajstić information content (AvgIpc) is 2.39. The van der Waals surface area contributed by atoms with Gasteiger partial charge in [0.25, 0.3) is 0 Å². The summed E-state index contributed by atoms with van der Waals surface area (Å²) in [6, 6.07) is 0.370. The Morgan fingerprint density at radius 1 is 1.00 bits per heavy atom. The van der Waals surface area contributed by atoms with Crippen molar-refractivity contribution in [1.82, 2.24) is 5.32 Å². The second kappa shape index (κ2) is 13.0. The highest BCUT2D eigenvalue weighted by atomic mass is 33.1. The lowest BCUT2D eigenvalue weighted by atomic mass is 10.0. The minimum atomic E-state index is 0.00703. The Hall–Kier alpha value is 0.330. The molecule has 0 unspecified atom stereocenters. The summed E-state index contributed by atoms with van der Waals surface area (Å²) >= 11 is 0. The van der Waals surface area contributed by atoms with E-state index in [0.29, 0.717) is 11.8 Å². The van der Waals surface area contributed by atoms with Crippen molar-refractivity contribution in [3.05, 3.63) is 0 Å². The van der Waals surface area contributed by atoms with E-state index in [9.17, 15) is 4.79 Å². The lowest BCUT2D eigenvalue weighted by Gasteiger charge is -2.21. The summed E-state index contributed by atoms with van der Waals surface area (Å²) < 4.78 is 0. The Morgan fingerprint density at radius 3 is 2.20 bits per heavy atom. The van der Waals surface area contributed by atoms with Crippen LogP contribution in [0.15, 0.2) is 0 Å². The van der Waals surface area contributed by atoms with E-state index in [2.05, 4.69) is 26.1 Å². The van der Waals surface area contributed by atoms with Crippen LogP contribution in [0, 0.1) is 5.92 Å². The van der Waals surface area contributed by atoms with Gasteiger partial charge in [-0.05, 0) is 6.42 Å². The fourth-order valence-electron chi connectivity index (χ4n) is 1.96. The van der Waals surface area contributed by atoms with Crippen molar-refractivity contribution in [1.29, 1.82) is 0 Å². The predicted octanol–water partition coefficient (Wildman–Crippen LogP) is 4.93. The molecule has 1 atom stereocenters. The van der Waals surface area contributed by atoms with Crippen LogP contribution in [0.3, 0.4) is 0 Å². The number of hydrogen-bond acceptors (Lipinski definition) is 4. The van der Waals surface area contributed by atoms with Crippen LogP contribution >= 0.6 is 21.6 Å². The van der Waals surface area contributed by atoms with Crippen LogP contribution in [-0.2, 0) is 4.79 Å².